The maximum atomic E-state index is 13.5. The Labute approximate surface area is 268 Å². The van der Waals surface area contributed by atoms with Gasteiger partial charge >= 0.3 is 0 Å². The maximum Gasteiger partial charge on any atom is 0.224 e. The molecule has 2 aliphatic rings. The minimum Gasteiger partial charge on any atom is -0.388 e. The summed E-state index contributed by atoms with van der Waals surface area (Å²) in [5.74, 6) is 0.0967. The summed E-state index contributed by atoms with van der Waals surface area (Å²) >= 11 is 0. The van der Waals surface area contributed by atoms with Crippen LogP contribution in [0.25, 0.3) is 0 Å². The van der Waals surface area contributed by atoms with Crippen molar-refractivity contribution in [2.75, 3.05) is 27.2 Å². The molecule has 1 saturated carbocycles. The molecule has 2 aromatic rings. The normalized spacial score (nSPS) is 24.8. The third-order valence-corrected chi connectivity index (χ3v) is 9.69. The molecule has 2 amide bonds. The van der Waals surface area contributed by atoms with Crippen molar-refractivity contribution >= 4 is 12.3 Å². The van der Waals surface area contributed by atoms with Crippen molar-refractivity contribution in [2.24, 2.45) is 0 Å². The van der Waals surface area contributed by atoms with Gasteiger partial charge in [-0.25, -0.2) is 0 Å². The highest BCUT2D eigenvalue weighted by atomic mass is 16.5. The number of carbonyl (C=O) groups is 2. The molecule has 0 bridgehead atoms. The zero-order valence-corrected chi connectivity index (χ0v) is 27.5. The zero-order chi connectivity index (χ0) is 32.6. The number of nitrogens with zero attached hydrogens (tertiary/aromatic N) is 2. The Balaban J connectivity index is 1.37. The Morgan fingerprint density at radius 3 is 2.31 bits per heavy atom. The number of nitrogens with one attached hydrogen (secondary N) is 1. The number of rotatable bonds is 14. The van der Waals surface area contributed by atoms with Crippen LogP contribution in [-0.2, 0) is 27.2 Å². The highest BCUT2D eigenvalue weighted by molar-refractivity contribution is 5.77. The van der Waals surface area contributed by atoms with Crippen molar-refractivity contribution in [1.82, 2.24) is 15.1 Å². The van der Waals surface area contributed by atoms with Gasteiger partial charge in [-0.2, -0.15) is 0 Å². The molecule has 0 radical (unpaired) electrons. The number of hydrogen-bond donors (Lipinski definition) is 4. The minimum atomic E-state index is -1.26. The molecule has 2 aromatic carbocycles. The second-order valence-corrected chi connectivity index (χ2v) is 13.2. The van der Waals surface area contributed by atoms with E-state index in [0.29, 0.717) is 25.8 Å². The van der Waals surface area contributed by atoms with Crippen molar-refractivity contribution in [3.63, 3.8) is 0 Å². The van der Waals surface area contributed by atoms with E-state index >= 15 is 0 Å². The van der Waals surface area contributed by atoms with E-state index in [1.807, 2.05) is 44.1 Å². The summed E-state index contributed by atoms with van der Waals surface area (Å²) in [5.41, 5.74) is 4.76. The number of carbonyl (C=O) groups excluding carboxylic acids is 2. The molecule has 1 aliphatic heterocycles. The van der Waals surface area contributed by atoms with Gasteiger partial charge in [-0.05, 0) is 100 Å². The van der Waals surface area contributed by atoms with Crippen LogP contribution in [0.1, 0.15) is 92.2 Å². The Kier molecular flexibility index (Phi) is 12.6. The first-order valence-electron chi connectivity index (χ1n) is 16.6. The van der Waals surface area contributed by atoms with Crippen molar-refractivity contribution in [3.05, 3.63) is 70.3 Å². The summed E-state index contributed by atoms with van der Waals surface area (Å²) in [6.45, 7) is 5.28. The van der Waals surface area contributed by atoms with Gasteiger partial charge in [0, 0.05) is 19.5 Å². The van der Waals surface area contributed by atoms with Gasteiger partial charge in [-0.1, -0.05) is 55.8 Å². The average molecular weight is 624 g/mol. The molecule has 0 aromatic heterocycles. The zero-order valence-electron chi connectivity index (χ0n) is 27.5. The smallest absolute Gasteiger partial charge is 0.224 e. The standard InChI is InChI=1S/C36H53N3O6/c1-5-30-32(42)33(43)34(44)35(45-30)28-17-12-25(2)29(23-28)22-27-15-13-26(14-16-27)10-9-11-31(41)39(21-20-38(3)4)36(37-24-40)18-7-6-8-19-36/h12-17,23-24,30,32-35,42-44H,5-11,18-22H2,1-4H3,(H,37,40)/t30-,32-,33+,34-,35+/m1/s1. The number of aryl methyl sites for hydroxylation is 2. The fourth-order valence-corrected chi connectivity index (χ4v) is 6.86. The number of aliphatic hydroxyl groups is 3. The molecule has 0 unspecified atom stereocenters. The van der Waals surface area contributed by atoms with E-state index in [4.69, 9.17) is 4.74 Å². The lowest BCUT2D eigenvalue weighted by molar-refractivity contribution is -0.225. The van der Waals surface area contributed by atoms with Crippen LogP contribution >= 0.6 is 0 Å². The van der Waals surface area contributed by atoms with Crippen molar-refractivity contribution in [1.29, 1.82) is 0 Å². The highest BCUT2D eigenvalue weighted by Crippen LogP contribution is 2.35. The second kappa shape index (κ2) is 16.1. The number of hydrogen-bond acceptors (Lipinski definition) is 7. The predicted molar refractivity (Wildman–Crippen MR) is 175 cm³/mol. The topological polar surface area (TPSA) is 123 Å². The van der Waals surface area contributed by atoms with Crippen molar-refractivity contribution < 1.29 is 29.6 Å². The average Bonchev–Trinajstić information content (AvgIpc) is 3.02. The molecule has 1 heterocycles. The Morgan fingerprint density at radius 1 is 0.978 bits per heavy atom. The summed E-state index contributed by atoms with van der Waals surface area (Å²) in [6, 6.07) is 14.4. The lowest BCUT2D eigenvalue weighted by Gasteiger charge is -2.46. The van der Waals surface area contributed by atoms with E-state index in [9.17, 15) is 24.9 Å². The molecule has 5 atom stereocenters. The molecular formula is C36H53N3O6. The molecule has 9 nitrogen and oxygen atoms in total. The lowest BCUT2D eigenvalue weighted by Crippen LogP contribution is -2.62. The van der Waals surface area contributed by atoms with Crippen LogP contribution in [0.15, 0.2) is 42.5 Å². The third-order valence-electron chi connectivity index (χ3n) is 9.69. The minimum absolute atomic E-state index is 0.0967. The van der Waals surface area contributed by atoms with E-state index in [0.717, 1.165) is 80.2 Å². The van der Waals surface area contributed by atoms with Gasteiger partial charge in [0.1, 0.15) is 30.1 Å². The Morgan fingerprint density at radius 2 is 1.67 bits per heavy atom. The molecule has 45 heavy (non-hydrogen) atoms. The number of ether oxygens (including phenoxy) is 1. The molecule has 248 valence electrons. The number of amides is 2. The van der Waals surface area contributed by atoms with E-state index in [1.54, 1.807) is 0 Å². The van der Waals surface area contributed by atoms with Crippen molar-refractivity contribution in [2.45, 2.75) is 114 Å². The first-order chi connectivity index (χ1) is 21.6. The molecule has 9 heteroatoms. The van der Waals surface area contributed by atoms with Gasteiger partial charge in [0.15, 0.2) is 0 Å². The molecule has 4 N–H and O–H groups in total. The van der Waals surface area contributed by atoms with E-state index in [2.05, 4.69) is 41.4 Å². The number of benzene rings is 2. The lowest BCUT2D eigenvalue weighted by atomic mass is 9.87. The fraction of sp³-hybridized carbons (Fsp3) is 0.611. The Bertz CT molecular complexity index is 1240. The maximum absolute atomic E-state index is 13.5. The van der Waals surface area contributed by atoms with Gasteiger partial charge in [0.05, 0.1) is 6.10 Å². The molecule has 0 spiro atoms. The van der Waals surface area contributed by atoms with E-state index in [-0.39, 0.29) is 5.91 Å². The molecule has 1 aliphatic carbocycles. The molecule has 2 fully saturated rings. The van der Waals surface area contributed by atoms with Gasteiger partial charge in [0.2, 0.25) is 12.3 Å². The monoisotopic (exact) mass is 623 g/mol. The summed E-state index contributed by atoms with van der Waals surface area (Å²) in [5, 5.41) is 34.4. The van der Waals surface area contributed by atoms with Crippen LogP contribution < -0.4 is 5.32 Å². The second-order valence-electron chi connectivity index (χ2n) is 13.2. The summed E-state index contributed by atoms with van der Waals surface area (Å²) in [6.07, 6.45) is 3.86. The summed E-state index contributed by atoms with van der Waals surface area (Å²) in [7, 11) is 4.00. The first kappa shape index (κ1) is 35.0. The van der Waals surface area contributed by atoms with E-state index < -0.39 is 36.2 Å². The van der Waals surface area contributed by atoms with Crippen LogP contribution in [0.5, 0.6) is 0 Å². The highest BCUT2D eigenvalue weighted by Gasteiger charge is 2.43. The predicted octanol–water partition coefficient (Wildman–Crippen LogP) is 3.64. The molecule has 4 rings (SSSR count). The third kappa shape index (κ3) is 8.71. The SMILES string of the molecule is CC[C@H]1O[C@@H](c2ccc(C)c(Cc3ccc(CCCC(=O)N(CCN(C)C)C4(NC=O)CCCCC4)cc3)c2)[C@H](O)[C@@H](O)[C@@H]1O. The molecular weight excluding hydrogens is 570 g/mol. The first-order valence-corrected chi connectivity index (χ1v) is 16.6. The largest absolute Gasteiger partial charge is 0.388 e. The van der Waals surface area contributed by atoms with Crippen LogP contribution in [0.2, 0.25) is 0 Å². The number of aliphatic hydroxyl groups excluding tert-OH is 3. The summed E-state index contributed by atoms with van der Waals surface area (Å²) in [4.78, 5) is 29.1. The van der Waals surface area contributed by atoms with Gasteiger partial charge in [0.25, 0.3) is 0 Å². The fourth-order valence-electron chi connectivity index (χ4n) is 6.86. The van der Waals surface area contributed by atoms with Crippen LogP contribution in [-0.4, -0.2) is 94.7 Å². The number of likely N-dealkylation sites (N-methyl/N-ethyl adjacent to an activating group) is 1. The molecule has 1 saturated heterocycles. The van der Waals surface area contributed by atoms with Gasteiger partial charge in [-0.15, -0.1) is 0 Å². The Hall–Kier alpha value is -2.82. The van der Waals surface area contributed by atoms with Crippen LogP contribution in [0, 0.1) is 6.92 Å². The van der Waals surface area contributed by atoms with E-state index in [1.165, 1.54) is 5.56 Å². The quantitative estimate of drug-likeness (QED) is 0.187. The summed E-state index contributed by atoms with van der Waals surface area (Å²) < 4.78 is 6.01. The van der Waals surface area contributed by atoms with Crippen LogP contribution in [0.3, 0.4) is 0 Å². The van der Waals surface area contributed by atoms with Crippen molar-refractivity contribution in [3.8, 4) is 0 Å². The van der Waals surface area contributed by atoms with Gasteiger partial charge < -0.3 is 35.2 Å². The van der Waals surface area contributed by atoms with Gasteiger partial charge in [-0.3, -0.25) is 9.59 Å². The van der Waals surface area contributed by atoms with Crippen LogP contribution in [0.4, 0.5) is 0 Å².